The number of hydrogen-bond donors (Lipinski definition) is 2. The number of hydrogen-bond acceptors (Lipinski definition) is 4. The summed E-state index contributed by atoms with van der Waals surface area (Å²) in [4.78, 5) is 12.1. The largest absolute Gasteiger partial charge is 0.350 e. The van der Waals surface area contributed by atoms with Gasteiger partial charge in [0.1, 0.15) is 11.6 Å². The van der Waals surface area contributed by atoms with Gasteiger partial charge in [-0.05, 0) is 44.5 Å². The van der Waals surface area contributed by atoms with Crippen LogP contribution in [0, 0.1) is 11.6 Å². The van der Waals surface area contributed by atoms with Gasteiger partial charge in [-0.25, -0.2) is 13.5 Å². The number of nitrogens with one attached hydrogen (secondary N) is 2. The summed E-state index contributed by atoms with van der Waals surface area (Å²) in [7, 11) is 0. The SMILES string of the molecule is Cl.O=C(NCCc1c(F)cccc1F)c1cn(C2CCNCC2)nn1. The monoisotopic (exact) mass is 371 g/mol. The fourth-order valence-corrected chi connectivity index (χ4v) is 2.79. The first-order valence-corrected chi connectivity index (χ1v) is 7.99. The second kappa shape index (κ2) is 8.87. The highest BCUT2D eigenvalue weighted by Crippen LogP contribution is 2.17. The molecule has 0 atom stereocenters. The summed E-state index contributed by atoms with van der Waals surface area (Å²) in [6.07, 6.45) is 3.58. The lowest BCUT2D eigenvalue weighted by Gasteiger charge is -2.22. The highest BCUT2D eigenvalue weighted by atomic mass is 35.5. The summed E-state index contributed by atoms with van der Waals surface area (Å²) >= 11 is 0. The van der Waals surface area contributed by atoms with Gasteiger partial charge in [0.2, 0.25) is 0 Å². The van der Waals surface area contributed by atoms with Crippen molar-refractivity contribution in [3.05, 3.63) is 47.3 Å². The van der Waals surface area contributed by atoms with Crippen molar-refractivity contribution >= 4 is 18.3 Å². The molecule has 2 heterocycles. The second-order valence-electron chi connectivity index (χ2n) is 5.77. The smallest absolute Gasteiger partial charge is 0.273 e. The number of benzene rings is 1. The maximum Gasteiger partial charge on any atom is 0.273 e. The molecule has 1 aromatic carbocycles. The van der Waals surface area contributed by atoms with Crippen molar-refractivity contribution in [2.75, 3.05) is 19.6 Å². The molecule has 2 N–H and O–H groups in total. The van der Waals surface area contributed by atoms with Gasteiger partial charge in [-0.3, -0.25) is 4.79 Å². The minimum absolute atomic E-state index is 0. The number of halogens is 3. The van der Waals surface area contributed by atoms with Crippen LogP contribution in [-0.2, 0) is 6.42 Å². The third-order valence-corrected chi connectivity index (χ3v) is 4.15. The van der Waals surface area contributed by atoms with Crippen LogP contribution < -0.4 is 10.6 Å². The average Bonchev–Trinajstić information content (AvgIpc) is 3.08. The van der Waals surface area contributed by atoms with E-state index in [1.807, 2.05) is 0 Å². The third kappa shape index (κ3) is 4.73. The molecule has 0 aliphatic carbocycles. The molecule has 0 bridgehead atoms. The fourth-order valence-electron chi connectivity index (χ4n) is 2.79. The number of carbonyl (C=O) groups excluding carboxylic acids is 1. The van der Waals surface area contributed by atoms with Gasteiger partial charge in [0.25, 0.3) is 5.91 Å². The van der Waals surface area contributed by atoms with Crippen LogP contribution >= 0.6 is 12.4 Å². The van der Waals surface area contributed by atoms with Crippen LogP contribution in [0.2, 0.25) is 0 Å². The average molecular weight is 372 g/mol. The van der Waals surface area contributed by atoms with Crippen molar-refractivity contribution in [1.82, 2.24) is 25.6 Å². The molecule has 9 heteroatoms. The minimum Gasteiger partial charge on any atom is -0.350 e. The Morgan fingerprint density at radius 2 is 1.96 bits per heavy atom. The lowest BCUT2D eigenvalue weighted by molar-refractivity contribution is 0.0948. The Morgan fingerprint density at radius 3 is 2.64 bits per heavy atom. The molecule has 1 aliphatic rings. The van der Waals surface area contributed by atoms with Crippen LogP contribution in [0.25, 0.3) is 0 Å². The van der Waals surface area contributed by atoms with Crippen LogP contribution in [0.3, 0.4) is 0 Å². The highest BCUT2D eigenvalue weighted by Gasteiger charge is 2.18. The number of rotatable bonds is 5. The third-order valence-electron chi connectivity index (χ3n) is 4.15. The van der Waals surface area contributed by atoms with Crippen molar-refractivity contribution in [2.24, 2.45) is 0 Å². The van der Waals surface area contributed by atoms with Gasteiger partial charge >= 0.3 is 0 Å². The molecular weight excluding hydrogens is 352 g/mol. The van der Waals surface area contributed by atoms with E-state index in [0.717, 1.165) is 25.9 Å². The van der Waals surface area contributed by atoms with Crippen LogP contribution in [0.5, 0.6) is 0 Å². The van der Waals surface area contributed by atoms with Gasteiger partial charge in [-0.1, -0.05) is 11.3 Å². The molecule has 136 valence electrons. The standard InChI is InChI=1S/C16H19F2N5O.ClH/c17-13-2-1-3-14(18)12(13)6-9-20-16(24)15-10-23(22-21-15)11-4-7-19-8-5-11;/h1-3,10-11,19H,4-9H2,(H,20,24);1H. The van der Waals surface area contributed by atoms with Gasteiger partial charge in [-0.15, -0.1) is 17.5 Å². The van der Waals surface area contributed by atoms with Crippen molar-refractivity contribution in [2.45, 2.75) is 25.3 Å². The highest BCUT2D eigenvalue weighted by molar-refractivity contribution is 5.91. The first-order valence-electron chi connectivity index (χ1n) is 7.99. The van der Waals surface area contributed by atoms with E-state index < -0.39 is 17.5 Å². The lowest BCUT2D eigenvalue weighted by atomic mass is 10.1. The summed E-state index contributed by atoms with van der Waals surface area (Å²) < 4.78 is 28.8. The molecule has 0 spiro atoms. The predicted octanol–water partition coefficient (Wildman–Crippen LogP) is 1.88. The van der Waals surface area contributed by atoms with E-state index in [4.69, 9.17) is 0 Å². The molecule has 25 heavy (non-hydrogen) atoms. The molecule has 1 amide bonds. The zero-order chi connectivity index (χ0) is 16.9. The Bertz CT molecular complexity index is 698. The molecule has 1 aromatic heterocycles. The molecule has 6 nitrogen and oxygen atoms in total. The normalized spacial score (nSPS) is 14.8. The Kier molecular flexibility index (Phi) is 6.83. The molecule has 1 fully saturated rings. The van der Waals surface area contributed by atoms with E-state index in [2.05, 4.69) is 20.9 Å². The van der Waals surface area contributed by atoms with Crippen LogP contribution in [0.1, 0.15) is 34.9 Å². The van der Waals surface area contributed by atoms with Crippen molar-refractivity contribution in [3.8, 4) is 0 Å². The molecule has 2 aromatic rings. The molecule has 0 radical (unpaired) electrons. The Morgan fingerprint density at radius 1 is 1.28 bits per heavy atom. The molecule has 1 saturated heterocycles. The first kappa shape index (κ1) is 19.3. The zero-order valence-electron chi connectivity index (χ0n) is 13.5. The number of nitrogens with zero attached hydrogens (tertiary/aromatic N) is 3. The Hall–Kier alpha value is -2.06. The van der Waals surface area contributed by atoms with E-state index in [1.165, 1.54) is 18.2 Å². The van der Waals surface area contributed by atoms with Crippen LogP contribution in [0.15, 0.2) is 24.4 Å². The van der Waals surface area contributed by atoms with Gasteiger partial charge < -0.3 is 10.6 Å². The molecule has 0 saturated carbocycles. The van der Waals surface area contributed by atoms with Crippen LogP contribution in [-0.4, -0.2) is 40.5 Å². The lowest BCUT2D eigenvalue weighted by Crippen LogP contribution is -2.29. The predicted molar refractivity (Wildman–Crippen MR) is 90.8 cm³/mol. The van der Waals surface area contributed by atoms with Crippen molar-refractivity contribution < 1.29 is 13.6 Å². The zero-order valence-corrected chi connectivity index (χ0v) is 14.4. The van der Waals surface area contributed by atoms with E-state index >= 15 is 0 Å². The van der Waals surface area contributed by atoms with E-state index in [0.29, 0.717) is 0 Å². The fraction of sp³-hybridized carbons (Fsp3) is 0.438. The summed E-state index contributed by atoms with van der Waals surface area (Å²) in [6, 6.07) is 3.95. The summed E-state index contributed by atoms with van der Waals surface area (Å²) in [6.45, 7) is 1.96. The van der Waals surface area contributed by atoms with Gasteiger partial charge in [0.05, 0.1) is 12.2 Å². The first-order chi connectivity index (χ1) is 11.6. The molecule has 3 rings (SSSR count). The summed E-state index contributed by atoms with van der Waals surface area (Å²) in [5.74, 6) is -1.62. The number of piperidine rings is 1. The van der Waals surface area contributed by atoms with Crippen molar-refractivity contribution in [1.29, 1.82) is 0 Å². The summed E-state index contributed by atoms with van der Waals surface area (Å²) in [5, 5.41) is 13.8. The minimum atomic E-state index is -0.610. The quantitative estimate of drug-likeness (QED) is 0.841. The Labute approximate surface area is 150 Å². The summed E-state index contributed by atoms with van der Waals surface area (Å²) in [5.41, 5.74) is 0.179. The van der Waals surface area contributed by atoms with Crippen LogP contribution in [0.4, 0.5) is 8.78 Å². The maximum atomic E-state index is 13.5. The van der Waals surface area contributed by atoms with Crippen molar-refractivity contribution in [3.63, 3.8) is 0 Å². The number of amides is 1. The number of carbonyl (C=O) groups is 1. The molecular formula is C16H20ClF2N5O. The van der Waals surface area contributed by atoms with E-state index in [1.54, 1.807) is 10.9 Å². The topological polar surface area (TPSA) is 71.8 Å². The van der Waals surface area contributed by atoms with Gasteiger partial charge in [0.15, 0.2) is 5.69 Å². The number of aromatic nitrogens is 3. The van der Waals surface area contributed by atoms with Gasteiger partial charge in [-0.2, -0.15) is 0 Å². The maximum absolute atomic E-state index is 13.5. The Balaban J connectivity index is 0.00000225. The second-order valence-corrected chi connectivity index (χ2v) is 5.77. The van der Waals surface area contributed by atoms with E-state index in [9.17, 15) is 13.6 Å². The molecule has 1 aliphatic heterocycles. The molecule has 0 unspecified atom stereocenters. The van der Waals surface area contributed by atoms with E-state index in [-0.39, 0.29) is 42.7 Å². The van der Waals surface area contributed by atoms with Gasteiger partial charge in [0, 0.05) is 12.1 Å².